The van der Waals surface area contributed by atoms with Crippen molar-refractivity contribution in [3.63, 3.8) is 0 Å². The van der Waals surface area contributed by atoms with Gasteiger partial charge in [-0.05, 0) is 57.2 Å². The first-order valence-corrected chi connectivity index (χ1v) is 11.1. The van der Waals surface area contributed by atoms with E-state index >= 15 is 0 Å². The van der Waals surface area contributed by atoms with Gasteiger partial charge in [-0.2, -0.15) is 0 Å². The third-order valence-corrected chi connectivity index (χ3v) is 6.45. The molecule has 7 heteroatoms. The summed E-state index contributed by atoms with van der Waals surface area (Å²) in [6, 6.07) is 6.70. The molecule has 1 aromatic heterocycles. The lowest BCUT2D eigenvalue weighted by Gasteiger charge is -2.38. The summed E-state index contributed by atoms with van der Waals surface area (Å²) in [5.74, 6) is 0.165. The molecule has 1 amide bonds. The van der Waals surface area contributed by atoms with E-state index in [1.54, 1.807) is 11.8 Å². The highest BCUT2D eigenvalue weighted by atomic mass is 16.5. The molecule has 2 aliphatic heterocycles. The van der Waals surface area contributed by atoms with Gasteiger partial charge >= 0.3 is 11.9 Å². The summed E-state index contributed by atoms with van der Waals surface area (Å²) < 4.78 is 7.29. The van der Waals surface area contributed by atoms with Crippen LogP contribution in [0.4, 0.5) is 0 Å². The van der Waals surface area contributed by atoms with Gasteiger partial charge in [-0.1, -0.05) is 13.0 Å². The number of imidazole rings is 1. The van der Waals surface area contributed by atoms with Crippen molar-refractivity contribution in [2.24, 2.45) is 5.92 Å². The molecule has 1 aromatic carbocycles. The summed E-state index contributed by atoms with van der Waals surface area (Å²) in [4.78, 5) is 33.9. The minimum atomic E-state index is -0.760. The second kappa shape index (κ2) is 8.38. The first-order valence-electron chi connectivity index (χ1n) is 11.1. The van der Waals surface area contributed by atoms with Gasteiger partial charge in [0.15, 0.2) is 0 Å². The number of likely N-dealkylation sites (tertiary alicyclic amines) is 1. The second-order valence-electron chi connectivity index (χ2n) is 8.87. The van der Waals surface area contributed by atoms with Crippen molar-refractivity contribution in [1.82, 2.24) is 19.4 Å². The van der Waals surface area contributed by atoms with E-state index in [4.69, 9.17) is 9.72 Å². The van der Waals surface area contributed by atoms with Crippen molar-refractivity contribution in [1.29, 1.82) is 0 Å². The van der Waals surface area contributed by atoms with E-state index in [-0.39, 0.29) is 12.6 Å². The van der Waals surface area contributed by atoms with Crippen LogP contribution in [-0.4, -0.2) is 57.0 Å². The fourth-order valence-corrected chi connectivity index (χ4v) is 4.74. The minimum absolute atomic E-state index is 0.117. The van der Waals surface area contributed by atoms with Gasteiger partial charge in [-0.3, -0.25) is 9.69 Å². The topological polar surface area (TPSA) is 67.7 Å². The van der Waals surface area contributed by atoms with Crippen molar-refractivity contribution in [2.45, 2.75) is 65.7 Å². The van der Waals surface area contributed by atoms with E-state index in [0.717, 1.165) is 54.9 Å². The number of amides is 1. The summed E-state index contributed by atoms with van der Waals surface area (Å²) in [5, 5.41) is 0. The van der Waals surface area contributed by atoms with Gasteiger partial charge in [0.2, 0.25) is 0 Å². The molecule has 1 unspecified atom stereocenters. The van der Waals surface area contributed by atoms with Crippen LogP contribution in [0.3, 0.4) is 0 Å². The van der Waals surface area contributed by atoms with Gasteiger partial charge < -0.3 is 14.2 Å². The monoisotopic (exact) mass is 412 g/mol. The quantitative estimate of drug-likeness (QED) is 0.572. The zero-order valence-electron chi connectivity index (χ0n) is 18.4. The number of carbonyl (C=O) groups excluding carboxylic acids is 2. The number of rotatable bonds is 3. The molecule has 0 bridgehead atoms. The lowest BCUT2D eigenvalue weighted by atomic mass is 9.89. The molecular weight excluding hydrogens is 380 g/mol. The number of ether oxygens (including phenoxy) is 1. The van der Waals surface area contributed by atoms with Gasteiger partial charge in [0.05, 0.1) is 30.2 Å². The Bertz CT molecular complexity index is 951. The molecule has 2 atom stereocenters. The number of esters is 1. The van der Waals surface area contributed by atoms with Crippen LogP contribution >= 0.6 is 0 Å². The Balaban J connectivity index is 1.64. The fraction of sp³-hybridized carbons (Fsp3) is 0.609. The number of piperidine rings is 1. The number of hydrogen-bond acceptors (Lipinski definition) is 5. The fourth-order valence-electron chi connectivity index (χ4n) is 4.74. The highest BCUT2D eigenvalue weighted by Crippen LogP contribution is 2.35. The van der Waals surface area contributed by atoms with E-state index in [2.05, 4.69) is 48.4 Å². The molecule has 2 aliphatic rings. The Morgan fingerprint density at radius 3 is 2.77 bits per heavy atom. The zero-order chi connectivity index (χ0) is 21.4. The molecule has 162 valence electrons. The smallest absolute Gasteiger partial charge is 0.397 e. The van der Waals surface area contributed by atoms with Gasteiger partial charge in [-0.25, -0.2) is 9.78 Å². The SMILES string of the molecule is CCOC(=O)C(=O)N1C[C@@H](C)CCC1c1ccc2c(c1)nc1n2CCN(C(C)C)C1. The Morgan fingerprint density at radius 1 is 1.23 bits per heavy atom. The van der Waals surface area contributed by atoms with Crippen molar-refractivity contribution in [3.8, 4) is 0 Å². The highest BCUT2D eigenvalue weighted by Gasteiger charge is 2.35. The Morgan fingerprint density at radius 2 is 2.03 bits per heavy atom. The molecule has 3 heterocycles. The molecule has 4 rings (SSSR count). The van der Waals surface area contributed by atoms with Crippen LogP contribution in [0.5, 0.6) is 0 Å². The first kappa shape index (κ1) is 20.8. The lowest BCUT2D eigenvalue weighted by Crippen LogP contribution is -2.45. The van der Waals surface area contributed by atoms with Crippen LogP contribution in [0.1, 0.15) is 58.0 Å². The molecule has 0 saturated carbocycles. The molecule has 1 fully saturated rings. The summed E-state index contributed by atoms with van der Waals surface area (Å²) >= 11 is 0. The lowest BCUT2D eigenvalue weighted by molar-refractivity contribution is -0.162. The maximum absolute atomic E-state index is 12.8. The van der Waals surface area contributed by atoms with Crippen LogP contribution in [-0.2, 0) is 27.4 Å². The number of aromatic nitrogens is 2. The second-order valence-corrected chi connectivity index (χ2v) is 8.87. The highest BCUT2D eigenvalue weighted by molar-refractivity contribution is 6.32. The Labute approximate surface area is 178 Å². The average molecular weight is 413 g/mol. The van der Waals surface area contributed by atoms with Gasteiger partial charge in [-0.15, -0.1) is 0 Å². The molecular formula is C23H32N4O3. The van der Waals surface area contributed by atoms with Crippen LogP contribution in [0.2, 0.25) is 0 Å². The van der Waals surface area contributed by atoms with E-state index < -0.39 is 11.9 Å². The maximum atomic E-state index is 12.8. The van der Waals surface area contributed by atoms with Crippen LogP contribution in [0.25, 0.3) is 11.0 Å². The number of fused-ring (bicyclic) bond motifs is 3. The number of nitrogens with zero attached hydrogens (tertiary/aromatic N) is 4. The normalized spacial score (nSPS) is 22.4. The summed E-state index contributed by atoms with van der Waals surface area (Å²) in [7, 11) is 0. The standard InChI is InChI=1S/C23H32N4O3/c1-5-30-23(29)22(28)27-13-16(4)6-8-19(27)17-7-9-20-18(12-17)24-21-14-25(15(2)3)10-11-26(20)21/h7,9,12,15-16,19H,5-6,8,10-11,13-14H2,1-4H3/t16-,19?/m0/s1. The average Bonchev–Trinajstić information content (AvgIpc) is 3.10. The van der Waals surface area contributed by atoms with E-state index in [1.807, 2.05) is 0 Å². The molecule has 0 spiro atoms. The summed E-state index contributed by atoms with van der Waals surface area (Å²) in [5.41, 5.74) is 3.16. The largest absolute Gasteiger partial charge is 0.459 e. The van der Waals surface area contributed by atoms with E-state index in [0.29, 0.717) is 18.5 Å². The van der Waals surface area contributed by atoms with Gasteiger partial charge in [0, 0.05) is 25.7 Å². The van der Waals surface area contributed by atoms with Gasteiger partial charge in [0.25, 0.3) is 0 Å². The van der Waals surface area contributed by atoms with E-state index in [1.165, 1.54) is 0 Å². The number of hydrogen-bond donors (Lipinski definition) is 0. The van der Waals surface area contributed by atoms with Crippen molar-refractivity contribution >= 4 is 22.9 Å². The molecule has 0 radical (unpaired) electrons. The van der Waals surface area contributed by atoms with E-state index in [9.17, 15) is 9.59 Å². The molecule has 2 aromatic rings. The Hall–Kier alpha value is -2.41. The van der Waals surface area contributed by atoms with Crippen LogP contribution < -0.4 is 0 Å². The molecule has 0 aliphatic carbocycles. The third-order valence-electron chi connectivity index (χ3n) is 6.45. The van der Waals surface area contributed by atoms with Crippen molar-refractivity contribution in [3.05, 3.63) is 29.6 Å². The third kappa shape index (κ3) is 3.83. The number of carbonyl (C=O) groups is 2. The van der Waals surface area contributed by atoms with Crippen LogP contribution in [0, 0.1) is 5.92 Å². The maximum Gasteiger partial charge on any atom is 0.397 e. The molecule has 30 heavy (non-hydrogen) atoms. The van der Waals surface area contributed by atoms with Crippen LogP contribution in [0.15, 0.2) is 18.2 Å². The molecule has 7 nitrogen and oxygen atoms in total. The summed E-state index contributed by atoms with van der Waals surface area (Å²) in [6.45, 7) is 11.9. The molecule has 1 saturated heterocycles. The first-order chi connectivity index (χ1) is 14.4. The Kier molecular flexibility index (Phi) is 5.82. The summed E-state index contributed by atoms with van der Waals surface area (Å²) in [6.07, 6.45) is 1.87. The van der Waals surface area contributed by atoms with Crippen molar-refractivity contribution in [2.75, 3.05) is 19.7 Å². The number of benzene rings is 1. The predicted octanol–water partition coefficient (Wildman–Crippen LogP) is 3.12. The molecule has 0 N–H and O–H groups in total. The minimum Gasteiger partial charge on any atom is -0.459 e. The zero-order valence-corrected chi connectivity index (χ0v) is 18.4. The predicted molar refractivity (Wildman–Crippen MR) is 115 cm³/mol. The van der Waals surface area contributed by atoms with Gasteiger partial charge in [0.1, 0.15) is 5.82 Å². The van der Waals surface area contributed by atoms with Crippen molar-refractivity contribution < 1.29 is 14.3 Å².